The highest BCUT2D eigenvalue weighted by Gasteiger charge is 2.19. The molecule has 2 N–H and O–H groups in total. The van der Waals surface area contributed by atoms with Crippen molar-refractivity contribution in [3.05, 3.63) is 82.0 Å². The van der Waals surface area contributed by atoms with E-state index in [4.69, 9.17) is 4.74 Å². The van der Waals surface area contributed by atoms with Gasteiger partial charge in [-0.3, -0.25) is 4.79 Å². The van der Waals surface area contributed by atoms with Crippen LogP contribution in [0.4, 0.5) is 5.69 Å². The van der Waals surface area contributed by atoms with Crippen LogP contribution in [0.5, 0.6) is 5.75 Å². The van der Waals surface area contributed by atoms with Crippen molar-refractivity contribution in [2.24, 2.45) is 0 Å². The summed E-state index contributed by atoms with van der Waals surface area (Å²) in [5.41, 5.74) is 3.39. The van der Waals surface area contributed by atoms with Gasteiger partial charge in [0.05, 0.1) is 13.5 Å². The Morgan fingerprint density at radius 2 is 1.85 bits per heavy atom. The van der Waals surface area contributed by atoms with Crippen LogP contribution in [-0.4, -0.2) is 38.7 Å². The number of ether oxygens (including phenoxy) is 1. The lowest BCUT2D eigenvalue weighted by molar-refractivity contribution is -0.120. The summed E-state index contributed by atoms with van der Waals surface area (Å²) >= 11 is 1.81. The molecule has 0 spiro atoms. The minimum Gasteiger partial charge on any atom is -0.496 e. The Balaban J connectivity index is 1.18. The van der Waals surface area contributed by atoms with Gasteiger partial charge in [-0.25, -0.2) is 0 Å². The molecule has 0 bridgehead atoms. The smallest absolute Gasteiger partial charge is 0.224 e. The van der Waals surface area contributed by atoms with E-state index in [0.717, 1.165) is 55.8 Å². The molecule has 1 aliphatic heterocycles. The zero-order chi connectivity index (χ0) is 22.9. The molecule has 1 fully saturated rings. The first kappa shape index (κ1) is 23.3. The lowest BCUT2D eigenvalue weighted by Gasteiger charge is -2.34. The molecule has 0 atom stereocenters. The highest BCUT2D eigenvalue weighted by atomic mass is 32.1. The molecule has 5 nitrogen and oxygen atoms in total. The summed E-state index contributed by atoms with van der Waals surface area (Å²) in [4.78, 5) is 16.2. The molecule has 1 amide bonds. The number of para-hydroxylation sites is 1. The van der Waals surface area contributed by atoms with Crippen LogP contribution in [-0.2, 0) is 24.2 Å². The van der Waals surface area contributed by atoms with Crippen molar-refractivity contribution in [1.29, 1.82) is 0 Å². The molecule has 33 heavy (non-hydrogen) atoms. The Hall–Kier alpha value is -2.83. The number of piperidine rings is 1. The third-order valence-corrected chi connectivity index (χ3v) is 7.09. The Morgan fingerprint density at radius 1 is 1.06 bits per heavy atom. The first-order valence-corrected chi connectivity index (χ1v) is 12.6. The van der Waals surface area contributed by atoms with Gasteiger partial charge in [0.2, 0.25) is 5.91 Å². The van der Waals surface area contributed by atoms with E-state index in [1.807, 2.05) is 35.6 Å². The average molecular weight is 464 g/mol. The molecule has 2 heterocycles. The van der Waals surface area contributed by atoms with Gasteiger partial charge >= 0.3 is 0 Å². The van der Waals surface area contributed by atoms with E-state index >= 15 is 0 Å². The summed E-state index contributed by atoms with van der Waals surface area (Å²) in [6, 6.07) is 21.3. The second-order valence-corrected chi connectivity index (χ2v) is 9.51. The van der Waals surface area contributed by atoms with Gasteiger partial charge in [0.15, 0.2) is 0 Å². The maximum absolute atomic E-state index is 12.4. The molecule has 0 saturated carbocycles. The van der Waals surface area contributed by atoms with Crippen molar-refractivity contribution in [2.45, 2.75) is 38.3 Å². The number of thiophene rings is 1. The van der Waals surface area contributed by atoms with E-state index < -0.39 is 0 Å². The minimum absolute atomic E-state index is 0.0512. The molecular weight excluding hydrogens is 430 g/mol. The van der Waals surface area contributed by atoms with Crippen LogP contribution in [0.2, 0.25) is 0 Å². The number of nitrogens with one attached hydrogen (secondary N) is 2. The lowest BCUT2D eigenvalue weighted by atomic mass is 10.0. The maximum atomic E-state index is 12.4. The molecule has 1 saturated heterocycles. The summed E-state index contributed by atoms with van der Waals surface area (Å²) in [6.07, 6.45) is 3.47. The van der Waals surface area contributed by atoms with Crippen molar-refractivity contribution >= 4 is 22.9 Å². The third-order valence-electron chi connectivity index (χ3n) is 6.22. The maximum Gasteiger partial charge on any atom is 0.224 e. The average Bonchev–Trinajstić information content (AvgIpc) is 3.38. The predicted octanol–water partition coefficient (Wildman–Crippen LogP) is 4.42. The number of nitrogens with zero attached hydrogens (tertiary/aromatic N) is 1. The van der Waals surface area contributed by atoms with Gasteiger partial charge in [-0.05, 0) is 60.0 Å². The zero-order valence-electron chi connectivity index (χ0n) is 19.3. The second-order valence-electron chi connectivity index (χ2n) is 8.48. The fraction of sp³-hybridized carbons (Fsp3) is 0.370. The first-order chi connectivity index (χ1) is 16.2. The van der Waals surface area contributed by atoms with Crippen molar-refractivity contribution in [2.75, 3.05) is 31.6 Å². The van der Waals surface area contributed by atoms with E-state index in [-0.39, 0.29) is 5.91 Å². The largest absolute Gasteiger partial charge is 0.496 e. The number of carbonyl (C=O) groups excluding carboxylic acids is 1. The van der Waals surface area contributed by atoms with Gasteiger partial charge in [-0.1, -0.05) is 36.4 Å². The fourth-order valence-corrected chi connectivity index (χ4v) is 4.97. The molecule has 2 aromatic carbocycles. The van der Waals surface area contributed by atoms with Gasteiger partial charge in [0.25, 0.3) is 0 Å². The van der Waals surface area contributed by atoms with E-state index in [2.05, 4.69) is 57.3 Å². The minimum atomic E-state index is 0.0512. The quantitative estimate of drug-likeness (QED) is 0.467. The molecule has 1 aliphatic rings. The Kier molecular flexibility index (Phi) is 8.39. The lowest BCUT2D eigenvalue weighted by Crippen LogP contribution is -2.42. The summed E-state index contributed by atoms with van der Waals surface area (Å²) in [5, 5.41) is 8.85. The van der Waals surface area contributed by atoms with Gasteiger partial charge in [-0.15, -0.1) is 11.3 Å². The normalized spacial score (nSPS) is 14.3. The summed E-state index contributed by atoms with van der Waals surface area (Å²) in [6.45, 7) is 3.69. The molecular formula is C27H33N3O2S. The number of hydrogen-bond acceptors (Lipinski definition) is 5. The predicted molar refractivity (Wildman–Crippen MR) is 136 cm³/mol. The van der Waals surface area contributed by atoms with E-state index in [9.17, 15) is 4.79 Å². The Morgan fingerprint density at radius 3 is 2.58 bits per heavy atom. The van der Waals surface area contributed by atoms with E-state index in [1.165, 1.54) is 10.6 Å². The van der Waals surface area contributed by atoms with Crippen LogP contribution in [0.25, 0.3) is 0 Å². The second kappa shape index (κ2) is 11.9. The van der Waals surface area contributed by atoms with Crippen LogP contribution >= 0.6 is 11.3 Å². The molecule has 174 valence electrons. The number of rotatable bonds is 10. The molecule has 0 radical (unpaired) electrons. The van der Waals surface area contributed by atoms with Crippen molar-refractivity contribution in [3.63, 3.8) is 0 Å². The summed E-state index contributed by atoms with van der Waals surface area (Å²) in [7, 11) is 1.67. The van der Waals surface area contributed by atoms with Crippen molar-refractivity contribution in [1.82, 2.24) is 10.6 Å². The van der Waals surface area contributed by atoms with E-state index in [0.29, 0.717) is 19.0 Å². The number of anilines is 1. The monoisotopic (exact) mass is 463 g/mol. The SMILES string of the molecule is COc1ccccc1CCNC(=O)Cc1ccc(N2CCC(NCc3cccs3)CC2)cc1. The zero-order valence-corrected chi connectivity index (χ0v) is 20.1. The van der Waals surface area contributed by atoms with Gasteiger partial charge in [0, 0.05) is 42.8 Å². The van der Waals surface area contributed by atoms with E-state index in [1.54, 1.807) is 7.11 Å². The molecule has 0 aliphatic carbocycles. The van der Waals surface area contributed by atoms with Gasteiger partial charge in [0.1, 0.15) is 5.75 Å². The molecule has 4 rings (SSSR count). The van der Waals surface area contributed by atoms with Crippen LogP contribution in [0.1, 0.15) is 28.8 Å². The van der Waals surface area contributed by atoms with Crippen LogP contribution in [0.15, 0.2) is 66.0 Å². The number of amides is 1. The molecule has 6 heteroatoms. The Labute approximate surface area is 200 Å². The standard InChI is InChI=1S/C27H33N3O2S/c1-32-26-7-3-2-5-22(26)12-15-28-27(31)19-21-8-10-24(11-9-21)30-16-13-23(14-17-30)29-20-25-6-4-18-33-25/h2-11,18,23,29H,12-17,19-20H2,1H3,(H,28,31). The Bertz CT molecular complexity index is 996. The van der Waals surface area contributed by atoms with Crippen LogP contribution in [0, 0.1) is 0 Å². The van der Waals surface area contributed by atoms with Crippen LogP contribution < -0.4 is 20.3 Å². The van der Waals surface area contributed by atoms with Crippen molar-refractivity contribution < 1.29 is 9.53 Å². The number of carbonyl (C=O) groups is 1. The summed E-state index contributed by atoms with van der Waals surface area (Å²) < 4.78 is 5.37. The highest BCUT2D eigenvalue weighted by molar-refractivity contribution is 7.09. The fourth-order valence-electron chi connectivity index (χ4n) is 4.32. The number of benzene rings is 2. The molecule has 3 aromatic rings. The number of hydrogen-bond donors (Lipinski definition) is 2. The highest BCUT2D eigenvalue weighted by Crippen LogP contribution is 2.21. The van der Waals surface area contributed by atoms with Gasteiger partial charge in [-0.2, -0.15) is 0 Å². The molecule has 0 unspecified atom stereocenters. The summed E-state index contributed by atoms with van der Waals surface area (Å²) in [5.74, 6) is 0.917. The van der Waals surface area contributed by atoms with Gasteiger partial charge < -0.3 is 20.3 Å². The van der Waals surface area contributed by atoms with Crippen LogP contribution in [0.3, 0.4) is 0 Å². The first-order valence-electron chi connectivity index (χ1n) is 11.7. The number of methoxy groups -OCH3 is 1. The molecule has 1 aromatic heterocycles. The van der Waals surface area contributed by atoms with Crippen molar-refractivity contribution in [3.8, 4) is 5.75 Å². The topological polar surface area (TPSA) is 53.6 Å². The third kappa shape index (κ3) is 6.83.